The minimum atomic E-state index is -0.134. The molecule has 10 atom stereocenters. The van der Waals surface area contributed by atoms with Gasteiger partial charge in [-0.15, -0.1) is 0 Å². The lowest BCUT2D eigenvalue weighted by atomic mass is 9.47. The second-order valence-electron chi connectivity index (χ2n) is 13.2. The van der Waals surface area contributed by atoms with Crippen molar-refractivity contribution in [2.45, 2.75) is 111 Å². The van der Waals surface area contributed by atoms with E-state index in [1.54, 1.807) is 12.5 Å². The van der Waals surface area contributed by atoms with E-state index in [9.17, 15) is 4.79 Å². The largest absolute Gasteiger partial charge is 0.463 e. The monoisotopic (exact) mass is 454 g/mol. The molecule has 5 aliphatic rings. The molecular weight excluding hydrogens is 408 g/mol. The lowest BCUT2D eigenvalue weighted by Gasteiger charge is -2.55. The maximum Gasteiger partial charge on any atom is 0.302 e. The summed E-state index contributed by atoms with van der Waals surface area (Å²) in [7, 11) is 0. The van der Waals surface area contributed by atoms with Crippen molar-refractivity contribution in [1.29, 1.82) is 0 Å². The van der Waals surface area contributed by atoms with Gasteiger partial charge >= 0.3 is 5.97 Å². The number of rotatable bonds is 5. The molecule has 3 heteroatoms. The van der Waals surface area contributed by atoms with Gasteiger partial charge in [-0.1, -0.05) is 59.8 Å². The molecule has 1 saturated heterocycles. The molecule has 4 aliphatic carbocycles. The molecule has 0 unspecified atom stereocenters. The molecule has 1 aliphatic heterocycles. The van der Waals surface area contributed by atoms with Gasteiger partial charge in [-0.05, 0) is 91.4 Å². The maximum absolute atomic E-state index is 11.6. The van der Waals surface area contributed by atoms with Crippen molar-refractivity contribution >= 4 is 5.97 Å². The van der Waals surface area contributed by atoms with E-state index in [4.69, 9.17) is 9.47 Å². The van der Waals surface area contributed by atoms with Gasteiger partial charge in [0.25, 0.3) is 0 Å². The number of hydrogen-bond acceptors (Lipinski definition) is 3. The van der Waals surface area contributed by atoms with Crippen molar-refractivity contribution in [2.75, 3.05) is 0 Å². The number of carbonyl (C=O) groups excluding carboxylic acids is 1. The van der Waals surface area contributed by atoms with Crippen LogP contribution in [0.5, 0.6) is 0 Å². The predicted molar refractivity (Wildman–Crippen MR) is 133 cm³/mol. The van der Waals surface area contributed by atoms with Gasteiger partial charge in [0, 0.05) is 12.3 Å². The molecule has 0 N–H and O–H groups in total. The number of carbonyl (C=O) groups is 1. The van der Waals surface area contributed by atoms with Gasteiger partial charge in [0.2, 0.25) is 0 Å². The highest BCUT2D eigenvalue weighted by atomic mass is 16.6. The number of esters is 1. The molecule has 1 spiro atoms. The zero-order valence-corrected chi connectivity index (χ0v) is 22.0. The summed E-state index contributed by atoms with van der Waals surface area (Å²) in [6.07, 6.45) is 16.2. The molecule has 1 heterocycles. The first-order valence-corrected chi connectivity index (χ1v) is 13.8. The third-order valence-corrected chi connectivity index (χ3v) is 11.2. The van der Waals surface area contributed by atoms with Crippen LogP contribution >= 0.6 is 0 Å². The summed E-state index contributed by atoms with van der Waals surface area (Å²) < 4.78 is 12.5. The Kier molecular flexibility index (Phi) is 5.71. The van der Waals surface area contributed by atoms with E-state index in [-0.39, 0.29) is 23.1 Å². The van der Waals surface area contributed by atoms with Gasteiger partial charge in [-0.3, -0.25) is 4.79 Å². The molecule has 5 rings (SSSR count). The highest BCUT2D eigenvalue weighted by molar-refractivity contribution is 5.66. The fraction of sp³-hybridized carbons (Fsp3) is 0.833. The van der Waals surface area contributed by atoms with E-state index in [0.717, 1.165) is 31.6 Å². The average molecular weight is 455 g/mol. The molecular formula is C30H46O3. The smallest absolute Gasteiger partial charge is 0.302 e. The summed E-state index contributed by atoms with van der Waals surface area (Å²) in [6.45, 7) is 16.1. The Balaban J connectivity index is 1.38. The van der Waals surface area contributed by atoms with E-state index in [0.29, 0.717) is 41.1 Å². The second-order valence-corrected chi connectivity index (χ2v) is 13.2. The van der Waals surface area contributed by atoms with Crippen LogP contribution in [0.2, 0.25) is 0 Å². The van der Waals surface area contributed by atoms with E-state index in [2.05, 4.69) is 59.8 Å². The Bertz CT molecular complexity index is 857. The Hall–Kier alpha value is -1.09. The third-order valence-electron chi connectivity index (χ3n) is 11.2. The molecule has 0 aromatic carbocycles. The first-order valence-electron chi connectivity index (χ1n) is 13.8. The van der Waals surface area contributed by atoms with E-state index >= 15 is 0 Å². The van der Waals surface area contributed by atoms with Crippen molar-refractivity contribution in [3.63, 3.8) is 0 Å². The minimum Gasteiger partial charge on any atom is -0.463 e. The van der Waals surface area contributed by atoms with Crippen LogP contribution in [0.25, 0.3) is 0 Å². The number of epoxide rings is 1. The van der Waals surface area contributed by atoms with Gasteiger partial charge in [-0.25, -0.2) is 0 Å². The van der Waals surface area contributed by atoms with Crippen molar-refractivity contribution < 1.29 is 14.3 Å². The third kappa shape index (κ3) is 3.42. The van der Waals surface area contributed by atoms with Gasteiger partial charge in [-0.2, -0.15) is 0 Å². The quantitative estimate of drug-likeness (QED) is 0.252. The Labute approximate surface area is 201 Å². The topological polar surface area (TPSA) is 38.8 Å². The molecule has 0 bridgehead atoms. The Morgan fingerprint density at radius 1 is 1.15 bits per heavy atom. The predicted octanol–water partition coefficient (Wildman–Crippen LogP) is 7.11. The van der Waals surface area contributed by atoms with Crippen molar-refractivity contribution in [2.24, 2.45) is 46.3 Å². The van der Waals surface area contributed by atoms with Crippen LogP contribution < -0.4 is 0 Å². The SMILES string of the molecule is CC(=O)O[C@@H]1CC[C@]2(C)[C@@H](CC=C3[C@@H]4CC[C@H]([C@H](C)/C=C/[C@H](C)C(C)C)[C@@]4(C)C[C@H]4O[C@@]342)C1. The normalized spacial score (nSPS) is 47.8. The van der Waals surface area contributed by atoms with Crippen LogP contribution in [0.15, 0.2) is 23.8 Å². The van der Waals surface area contributed by atoms with Crippen LogP contribution in [0.3, 0.4) is 0 Å². The zero-order chi connectivity index (χ0) is 23.8. The van der Waals surface area contributed by atoms with Gasteiger partial charge < -0.3 is 9.47 Å². The molecule has 184 valence electrons. The molecule has 4 fully saturated rings. The van der Waals surface area contributed by atoms with E-state index in [1.165, 1.54) is 19.3 Å². The summed E-state index contributed by atoms with van der Waals surface area (Å²) in [5, 5.41) is 0. The van der Waals surface area contributed by atoms with Crippen LogP contribution in [-0.4, -0.2) is 23.8 Å². The van der Waals surface area contributed by atoms with Gasteiger partial charge in [0.15, 0.2) is 0 Å². The average Bonchev–Trinajstić information content (AvgIpc) is 3.36. The summed E-state index contributed by atoms with van der Waals surface area (Å²) >= 11 is 0. The van der Waals surface area contributed by atoms with Crippen LogP contribution in [0.1, 0.15) is 93.4 Å². The van der Waals surface area contributed by atoms with Gasteiger partial charge in [0.1, 0.15) is 11.7 Å². The molecule has 3 nitrogen and oxygen atoms in total. The summed E-state index contributed by atoms with van der Waals surface area (Å²) in [5.74, 6) is 3.81. The number of allylic oxidation sites excluding steroid dienone is 3. The lowest BCUT2D eigenvalue weighted by molar-refractivity contribution is -0.152. The molecule has 0 amide bonds. The van der Waals surface area contributed by atoms with E-state index < -0.39 is 0 Å². The van der Waals surface area contributed by atoms with Crippen molar-refractivity contribution in [1.82, 2.24) is 0 Å². The fourth-order valence-electron chi connectivity index (χ4n) is 8.87. The second kappa shape index (κ2) is 7.97. The van der Waals surface area contributed by atoms with Crippen LogP contribution in [0.4, 0.5) is 0 Å². The zero-order valence-electron chi connectivity index (χ0n) is 22.0. The molecule has 3 saturated carbocycles. The van der Waals surface area contributed by atoms with E-state index in [1.807, 2.05) is 0 Å². The van der Waals surface area contributed by atoms with Crippen LogP contribution in [-0.2, 0) is 14.3 Å². The summed E-state index contributed by atoms with van der Waals surface area (Å²) in [5.41, 5.74) is 2.18. The molecule has 0 radical (unpaired) electrons. The van der Waals surface area contributed by atoms with Crippen molar-refractivity contribution in [3.05, 3.63) is 23.8 Å². The first-order chi connectivity index (χ1) is 15.5. The Morgan fingerprint density at radius 2 is 1.91 bits per heavy atom. The molecule has 0 aromatic heterocycles. The first kappa shape index (κ1) is 23.6. The van der Waals surface area contributed by atoms with Crippen LogP contribution in [0, 0.1) is 46.3 Å². The number of hydrogen-bond donors (Lipinski definition) is 0. The summed E-state index contributed by atoms with van der Waals surface area (Å²) in [4.78, 5) is 11.6. The number of fused-ring (bicyclic) bond motifs is 3. The summed E-state index contributed by atoms with van der Waals surface area (Å²) in [6, 6.07) is 0. The fourth-order valence-corrected chi connectivity index (χ4v) is 8.87. The van der Waals surface area contributed by atoms with Crippen molar-refractivity contribution in [3.8, 4) is 0 Å². The Morgan fingerprint density at radius 3 is 2.61 bits per heavy atom. The highest BCUT2D eigenvalue weighted by Crippen LogP contribution is 2.75. The van der Waals surface area contributed by atoms with Gasteiger partial charge in [0.05, 0.1) is 6.10 Å². The molecule has 33 heavy (non-hydrogen) atoms. The number of ether oxygens (including phenoxy) is 2. The lowest BCUT2D eigenvalue weighted by Crippen LogP contribution is -2.56. The standard InChI is InChI=1S/C30H46O3/c1-18(2)19(3)8-9-20(4)24-12-13-25-26-11-10-22-16-23(32-21(5)31)14-15-29(22,7)30(26)27(33-30)17-28(24,25)6/h8-9,11,18-20,22-25,27H,10,12-17H2,1-7H3/b9-8+/t19-,20+,22-,23+,24+,25-,27+,28+,29+,30-/m0/s1. The highest BCUT2D eigenvalue weighted by Gasteiger charge is 2.77. The minimum absolute atomic E-state index is 0.0264. The maximum atomic E-state index is 11.6. The molecule has 0 aromatic rings.